The number of aromatic nitrogens is 2. The summed E-state index contributed by atoms with van der Waals surface area (Å²) in [4.78, 5) is 11.3. The molecule has 0 saturated carbocycles. The predicted octanol–water partition coefficient (Wildman–Crippen LogP) is 0.669. The van der Waals surface area contributed by atoms with E-state index in [0.717, 1.165) is 0 Å². The summed E-state index contributed by atoms with van der Waals surface area (Å²) in [6.45, 7) is 1.28. The maximum absolute atomic E-state index is 12.4. The lowest BCUT2D eigenvalue weighted by Gasteiger charge is -2.26. The number of alkyl halides is 3. The van der Waals surface area contributed by atoms with E-state index in [2.05, 4.69) is 10.4 Å². The van der Waals surface area contributed by atoms with Gasteiger partial charge in [0.05, 0.1) is 0 Å². The Morgan fingerprint density at radius 2 is 2.17 bits per heavy atom. The number of nitrogens with two attached hydrogens (primary N) is 1. The highest BCUT2D eigenvalue weighted by Crippen LogP contribution is 2.27. The number of hydrogen-bond acceptors (Lipinski definition) is 3. The fourth-order valence-electron chi connectivity index (χ4n) is 1.19. The first-order valence-corrected chi connectivity index (χ1v) is 5.36. The van der Waals surface area contributed by atoms with E-state index >= 15 is 0 Å². The summed E-state index contributed by atoms with van der Waals surface area (Å²) in [5.74, 6) is -1.23. The molecule has 18 heavy (non-hydrogen) atoms. The highest BCUT2D eigenvalue weighted by Gasteiger charge is 2.53. The molecule has 1 unspecified atom stereocenters. The standard InChI is InChI=1S/C10H15F3N4O/c1-9(14,10(11,12)13)8(18)15-4-2-6-17-7-3-5-16-17/h3,5,7H,2,4,6,14H2,1H3,(H,15,18). The average molecular weight is 264 g/mol. The van der Waals surface area contributed by atoms with Crippen LogP contribution in [0.3, 0.4) is 0 Å². The van der Waals surface area contributed by atoms with Crippen LogP contribution in [0.4, 0.5) is 13.2 Å². The Morgan fingerprint density at radius 1 is 1.50 bits per heavy atom. The first kappa shape index (κ1) is 14.5. The second kappa shape index (κ2) is 5.38. The van der Waals surface area contributed by atoms with Gasteiger partial charge in [-0.3, -0.25) is 9.48 Å². The van der Waals surface area contributed by atoms with Crippen molar-refractivity contribution < 1.29 is 18.0 Å². The van der Waals surface area contributed by atoms with Crippen LogP contribution in [0.25, 0.3) is 0 Å². The quantitative estimate of drug-likeness (QED) is 0.768. The Morgan fingerprint density at radius 3 is 2.67 bits per heavy atom. The zero-order chi connectivity index (χ0) is 13.8. The monoisotopic (exact) mass is 264 g/mol. The normalized spacial score (nSPS) is 15.2. The second-order valence-corrected chi connectivity index (χ2v) is 4.08. The highest BCUT2D eigenvalue weighted by molar-refractivity contribution is 5.86. The molecule has 3 N–H and O–H groups in total. The Hall–Kier alpha value is -1.57. The molecule has 0 radical (unpaired) electrons. The average Bonchev–Trinajstić information content (AvgIpc) is 2.75. The molecule has 0 aliphatic heterocycles. The van der Waals surface area contributed by atoms with Gasteiger partial charge in [0.25, 0.3) is 0 Å². The Balaban J connectivity index is 2.33. The first-order valence-electron chi connectivity index (χ1n) is 5.36. The largest absolute Gasteiger partial charge is 0.415 e. The van der Waals surface area contributed by atoms with Crippen LogP contribution in [0.5, 0.6) is 0 Å². The third-order valence-electron chi connectivity index (χ3n) is 2.47. The van der Waals surface area contributed by atoms with Crippen LogP contribution < -0.4 is 11.1 Å². The summed E-state index contributed by atoms with van der Waals surface area (Å²) in [5.41, 5.74) is 2.10. The SMILES string of the molecule is CC(N)(C(=O)NCCCn1cccn1)C(F)(F)F. The summed E-state index contributed by atoms with van der Waals surface area (Å²) in [6, 6.07) is 1.74. The zero-order valence-corrected chi connectivity index (χ0v) is 9.87. The van der Waals surface area contributed by atoms with E-state index in [-0.39, 0.29) is 6.54 Å². The summed E-state index contributed by atoms with van der Waals surface area (Å²) in [7, 11) is 0. The predicted molar refractivity (Wildman–Crippen MR) is 58.5 cm³/mol. The van der Waals surface area contributed by atoms with E-state index in [4.69, 9.17) is 5.73 Å². The van der Waals surface area contributed by atoms with Crippen LogP contribution >= 0.6 is 0 Å². The molecule has 1 aromatic heterocycles. The third kappa shape index (κ3) is 3.46. The third-order valence-corrected chi connectivity index (χ3v) is 2.47. The van der Waals surface area contributed by atoms with Gasteiger partial charge in [-0.25, -0.2) is 0 Å². The molecule has 0 fully saturated rings. The van der Waals surface area contributed by atoms with Crippen LogP contribution in [-0.2, 0) is 11.3 Å². The van der Waals surface area contributed by atoms with Crippen molar-refractivity contribution in [3.8, 4) is 0 Å². The molecular weight excluding hydrogens is 249 g/mol. The topological polar surface area (TPSA) is 72.9 Å². The van der Waals surface area contributed by atoms with Gasteiger partial charge in [-0.15, -0.1) is 0 Å². The van der Waals surface area contributed by atoms with Crippen molar-refractivity contribution in [1.82, 2.24) is 15.1 Å². The highest BCUT2D eigenvalue weighted by atomic mass is 19.4. The number of aryl methyl sites for hydroxylation is 1. The summed E-state index contributed by atoms with van der Waals surface area (Å²) >= 11 is 0. The van der Waals surface area contributed by atoms with Crippen LogP contribution in [0.15, 0.2) is 18.5 Å². The van der Waals surface area contributed by atoms with Crippen molar-refractivity contribution >= 4 is 5.91 Å². The van der Waals surface area contributed by atoms with E-state index in [0.29, 0.717) is 19.9 Å². The van der Waals surface area contributed by atoms with Gasteiger partial charge < -0.3 is 11.1 Å². The zero-order valence-electron chi connectivity index (χ0n) is 9.87. The van der Waals surface area contributed by atoms with Gasteiger partial charge >= 0.3 is 6.18 Å². The molecule has 102 valence electrons. The maximum Gasteiger partial charge on any atom is 0.415 e. The van der Waals surface area contributed by atoms with Gasteiger partial charge in [-0.2, -0.15) is 18.3 Å². The Kier molecular flexibility index (Phi) is 4.33. The lowest BCUT2D eigenvalue weighted by Crippen LogP contribution is -2.61. The molecule has 1 rings (SSSR count). The second-order valence-electron chi connectivity index (χ2n) is 4.08. The van der Waals surface area contributed by atoms with E-state index in [9.17, 15) is 18.0 Å². The van der Waals surface area contributed by atoms with Crippen LogP contribution in [0, 0.1) is 0 Å². The van der Waals surface area contributed by atoms with E-state index in [1.165, 1.54) is 0 Å². The van der Waals surface area contributed by atoms with Gasteiger partial charge in [0.15, 0.2) is 5.54 Å². The van der Waals surface area contributed by atoms with E-state index in [1.807, 2.05) is 0 Å². The van der Waals surface area contributed by atoms with E-state index < -0.39 is 17.6 Å². The summed E-state index contributed by atoms with van der Waals surface area (Å²) in [6.07, 6.45) is -0.968. The van der Waals surface area contributed by atoms with Crippen molar-refractivity contribution in [2.45, 2.75) is 31.6 Å². The molecule has 1 amide bonds. The molecule has 1 heterocycles. The number of carbonyl (C=O) groups is 1. The number of nitrogens with one attached hydrogen (secondary N) is 1. The van der Waals surface area contributed by atoms with Gasteiger partial charge in [-0.05, 0) is 19.4 Å². The maximum atomic E-state index is 12.4. The van der Waals surface area contributed by atoms with Gasteiger partial charge in [0.2, 0.25) is 5.91 Å². The van der Waals surface area contributed by atoms with Gasteiger partial charge in [0.1, 0.15) is 0 Å². The van der Waals surface area contributed by atoms with Gasteiger partial charge in [0, 0.05) is 25.5 Å². The lowest BCUT2D eigenvalue weighted by atomic mass is 10.0. The lowest BCUT2D eigenvalue weighted by molar-refractivity contribution is -0.187. The molecule has 1 atom stereocenters. The molecule has 0 spiro atoms. The van der Waals surface area contributed by atoms with Crippen molar-refractivity contribution in [3.63, 3.8) is 0 Å². The molecule has 5 nitrogen and oxygen atoms in total. The molecule has 0 saturated heterocycles. The van der Waals surface area contributed by atoms with Crippen LogP contribution in [0.2, 0.25) is 0 Å². The Labute approximate surface area is 102 Å². The van der Waals surface area contributed by atoms with E-state index in [1.54, 1.807) is 23.1 Å². The van der Waals surface area contributed by atoms with Gasteiger partial charge in [-0.1, -0.05) is 0 Å². The first-order chi connectivity index (χ1) is 8.25. The molecule has 0 aliphatic carbocycles. The molecule has 0 aromatic carbocycles. The van der Waals surface area contributed by atoms with Crippen molar-refractivity contribution in [3.05, 3.63) is 18.5 Å². The van der Waals surface area contributed by atoms with Crippen LogP contribution in [0.1, 0.15) is 13.3 Å². The minimum Gasteiger partial charge on any atom is -0.354 e. The smallest absolute Gasteiger partial charge is 0.354 e. The minimum atomic E-state index is -4.76. The number of nitrogens with zero attached hydrogens (tertiary/aromatic N) is 2. The fraction of sp³-hybridized carbons (Fsp3) is 0.600. The molecule has 0 bridgehead atoms. The molecular formula is C10H15F3N4O. The minimum absolute atomic E-state index is 0.113. The van der Waals surface area contributed by atoms with Crippen molar-refractivity contribution in [1.29, 1.82) is 0 Å². The van der Waals surface area contributed by atoms with Crippen molar-refractivity contribution in [2.75, 3.05) is 6.54 Å². The number of rotatable bonds is 5. The molecule has 1 aromatic rings. The summed E-state index contributed by atoms with van der Waals surface area (Å²) < 4.78 is 38.9. The molecule has 0 aliphatic rings. The summed E-state index contributed by atoms with van der Waals surface area (Å²) in [5, 5.41) is 6.09. The molecule has 8 heteroatoms. The number of hydrogen-bond donors (Lipinski definition) is 2. The van der Waals surface area contributed by atoms with Crippen molar-refractivity contribution in [2.24, 2.45) is 5.73 Å². The van der Waals surface area contributed by atoms with Crippen LogP contribution in [-0.4, -0.2) is 33.9 Å². The number of halogens is 3. The number of carbonyl (C=O) groups excluding carboxylic acids is 1. The Bertz CT molecular complexity index is 386. The number of amides is 1. The fourth-order valence-corrected chi connectivity index (χ4v) is 1.19.